The lowest BCUT2D eigenvalue weighted by Crippen LogP contribution is -2.32. The number of hydrogen-bond acceptors (Lipinski definition) is 6. The van der Waals surface area contributed by atoms with Gasteiger partial charge >= 0.3 is 0 Å². The third-order valence-corrected chi connectivity index (χ3v) is 7.16. The summed E-state index contributed by atoms with van der Waals surface area (Å²) >= 11 is 0. The van der Waals surface area contributed by atoms with E-state index in [0.717, 1.165) is 74.4 Å². The van der Waals surface area contributed by atoms with E-state index < -0.39 is 0 Å². The summed E-state index contributed by atoms with van der Waals surface area (Å²) in [5, 5.41) is 22.8. The summed E-state index contributed by atoms with van der Waals surface area (Å²) in [7, 11) is 0. The minimum atomic E-state index is -0.200. The Hall–Kier alpha value is -2.61. The quantitative estimate of drug-likeness (QED) is 0.560. The van der Waals surface area contributed by atoms with Crippen LogP contribution in [0, 0.1) is 0 Å². The SMILES string of the molecule is O=C1/C(=C/c2ccc(CN3CCC(O)C3)cc2)CNC/C1=C\c1ccc(CN2CCC(O)C2)cc1. The van der Waals surface area contributed by atoms with Crippen molar-refractivity contribution in [3.63, 3.8) is 0 Å². The van der Waals surface area contributed by atoms with Gasteiger partial charge in [0.2, 0.25) is 0 Å². The van der Waals surface area contributed by atoms with Gasteiger partial charge in [0, 0.05) is 63.5 Å². The normalized spacial score (nSPS) is 26.3. The van der Waals surface area contributed by atoms with Crippen molar-refractivity contribution in [2.45, 2.75) is 38.1 Å². The molecule has 0 spiro atoms. The number of aliphatic hydroxyl groups is 2. The topological polar surface area (TPSA) is 76.0 Å². The molecule has 0 radical (unpaired) electrons. The Labute approximate surface area is 207 Å². The van der Waals surface area contributed by atoms with Gasteiger partial charge in [0.15, 0.2) is 5.78 Å². The molecule has 2 unspecified atom stereocenters. The minimum Gasteiger partial charge on any atom is -0.392 e. The number of β-amino-alcohol motifs (C(OH)–C–C–N with tert-alkyl or cyclic N) is 2. The van der Waals surface area contributed by atoms with Crippen LogP contribution in [0.1, 0.15) is 35.1 Å². The number of carbonyl (C=O) groups excluding carboxylic acids is 1. The number of nitrogens with zero attached hydrogens (tertiary/aromatic N) is 2. The molecule has 6 nitrogen and oxygen atoms in total. The van der Waals surface area contributed by atoms with E-state index in [1.165, 1.54) is 11.1 Å². The minimum absolute atomic E-state index is 0.106. The molecule has 0 aliphatic carbocycles. The average molecular weight is 474 g/mol. The molecule has 184 valence electrons. The zero-order chi connectivity index (χ0) is 24.2. The molecule has 35 heavy (non-hydrogen) atoms. The van der Waals surface area contributed by atoms with Crippen LogP contribution in [0.25, 0.3) is 12.2 Å². The molecule has 3 aliphatic heterocycles. The molecule has 3 saturated heterocycles. The van der Waals surface area contributed by atoms with Crippen molar-refractivity contribution in [1.29, 1.82) is 0 Å². The summed E-state index contributed by atoms with van der Waals surface area (Å²) in [5.74, 6) is 0.106. The number of piperidine rings is 1. The smallest absolute Gasteiger partial charge is 0.187 e. The number of ketones is 1. The van der Waals surface area contributed by atoms with Gasteiger partial charge in [0.25, 0.3) is 0 Å². The molecule has 6 heteroatoms. The summed E-state index contributed by atoms with van der Waals surface area (Å²) in [4.78, 5) is 17.7. The molecule has 3 aliphatic rings. The first-order chi connectivity index (χ1) is 17.0. The third kappa shape index (κ3) is 6.34. The van der Waals surface area contributed by atoms with Gasteiger partial charge in [-0.15, -0.1) is 0 Å². The molecule has 2 aromatic carbocycles. The lowest BCUT2D eigenvalue weighted by Gasteiger charge is -2.18. The summed E-state index contributed by atoms with van der Waals surface area (Å²) in [5.41, 5.74) is 6.05. The fourth-order valence-corrected chi connectivity index (χ4v) is 5.20. The first-order valence-electron chi connectivity index (χ1n) is 12.7. The lowest BCUT2D eigenvalue weighted by atomic mass is 9.95. The highest BCUT2D eigenvalue weighted by Crippen LogP contribution is 2.20. The molecule has 2 aromatic rings. The van der Waals surface area contributed by atoms with E-state index in [2.05, 4.69) is 63.6 Å². The molecule has 0 bridgehead atoms. The molecule has 2 atom stereocenters. The van der Waals surface area contributed by atoms with Gasteiger partial charge in [-0.2, -0.15) is 0 Å². The number of Topliss-reactive ketones (excluding diaryl/α,β-unsaturated/α-hetero) is 1. The number of aliphatic hydroxyl groups excluding tert-OH is 2. The number of rotatable bonds is 6. The highest BCUT2D eigenvalue weighted by atomic mass is 16.3. The molecular weight excluding hydrogens is 438 g/mol. The number of hydrogen-bond donors (Lipinski definition) is 3. The molecule has 3 heterocycles. The largest absolute Gasteiger partial charge is 0.392 e. The second-order valence-electron chi connectivity index (χ2n) is 10.1. The zero-order valence-corrected chi connectivity index (χ0v) is 20.2. The van der Waals surface area contributed by atoms with Gasteiger partial charge in [-0.25, -0.2) is 0 Å². The van der Waals surface area contributed by atoms with Crippen LogP contribution in [-0.2, 0) is 17.9 Å². The maximum Gasteiger partial charge on any atom is 0.187 e. The molecule has 0 aromatic heterocycles. The van der Waals surface area contributed by atoms with E-state index in [4.69, 9.17) is 0 Å². The Kier molecular flexibility index (Phi) is 7.56. The summed E-state index contributed by atoms with van der Waals surface area (Å²) in [6, 6.07) is 16.7. The van der Waals surface area contributed by atoms with Crippen molar-refractivity contribution in [2.24, 2.45) is 0 Å². The predicted molar refractivity (Wildman–Crippen MR) is 139 cm³/mol. The predicted octanol–water partition coefficient (Wildman–Crippen LogP) is 2.46. The number of likely N-dealkylation sites (tertiary alicyclic amines) is 2. The van der Waals surface area contributed by atoms with E-state index in [1.807, 2.05) is 12.2 Å². The Balaban J connectivity index is 1.21. The summed E-state index contributed by atoms with van der Waals surface area (Å²) in [6.07, 6.45) is 5.27. The van der Waals surface area contributed by atoms with Gasteiger partial charge in [-0.3, -0.25) is 14.6 Å². The molecule has 3 N–H and O–H groups in total. The van der Waals surface area contributed by atoms with Crippen molar-refractivity contribution in [1.82, 2.24) is 15.1 Å². The van der Waals surface area contributed by atoms with E-state index in [9.17, 15) is 15.0 Å². The first kappa shape index (κ1) is 24.1. The molecule has 0 amide bonds. The van der Waals surface area contributed by atoms with Gasteiger partial charge < -0.3 is 15.5 Å². The van der Waals surface area contributed by atoms with Crippen LogP contribution < -0.4 is 5.32 Å². The second kappa shape index (κ2) is 11.0. The maximum atomic E-state index is 13.2. The zero-order valence-electron chi connectivity index (χ0n) is 20.2. The van der Waals surface area contributed by atoms with Crippen molar-refractivity contribution < 1.29 is 15.0 Å². The number of benzene rings is 2. The Morgan fingerprint density at radius 2 is 1.17 bits per heavy atom. The Morgan fingerprint density at radius 1 is 0.743 bits per heavy atom. The molecule has 5 rings (SSSR count). The molecule has 3 fully saturated rings. The van der Waals surface area contributed by atoms with Crippen LogP contribution in [-0.4, -0.2) is 77.3 Å². The van der Waals surface area contributed by atoms with Gasteiger partial charge in [0.1, 0.15) is 0 Å². The monoisotopic (exact) mass is 473 g/mol. The van der Waals surface area contributed by atoms with Crippen LogP contribution in [0.4, 0.5) is 0 Å². The maximum absolute atomic E-state index is 13.2. The third-order valence-electron chi connectivity index (χ3n) is 7.16. The fraction of sp³-hybridized carbons (Fsp3) is 0.414. The van der Waals surface area contributed by atoms with Crippen LogP contribution in [0.3, 0.4) is 0 Å². The molecule has 0 saturated carbocycles. The summed E-state index contributed by atoms with van der Waals surface area (Å²) in [6.45, 7) is 6.20. The first-order valence-corrected chi connectivity index (χ1v) is 12.7. The number of carbonyl (C=O) groups is 1. The Bertz CT molecular complexity index is 1010. The van der Waals surface area contributed by atoms with E-state index in [0.29, 0.717) is 13.1 Å². The van der Waals surface area contributed by atoms with Crippen LogP contribution in [0.15, 0.2) is 59.7 Å². The van der Waals surface area contributed by atoms with Gasteiger partial charge in [0.05, 0.1) is 12.2 Å². The van der Waals surface area contributed by atoms with Crippen molar-refractivity contribution in [3.05, 3.63) is 81.9 Å². The standard InChI is InChI=1S/C29H35N3O3/c33-27-9-11-31(19-27)17-23-5-1-21(2-6-23)13-25-15-30-16-26(29(25)35)14-22-3-7-24(8-4-22)18-32-12-10-28(34)20-32/h1-8,13-14,27-28,30,33-34H,9-12,15-20H2/b25-13+,26-14+. The van der Waals surface area contributed by atoms with Crippen molar-refractivity contribution in [3.8, 4) is 0 Å². The number of nitrogens with one attached hydrogen (secondary N) is 1. The van der Waals surface area contributed by atoms with E-state index in [-0.39, 0.29) is 18.0 Å². The van der Waals surface area contributed by atoms with E-state index in [1.54, 1.807) is 0 Å². The fourth-order valence-electron chi connectivity index (χ4n) is 5.20. The molecular formula is C29H35N3O3. The second-order valence-corrected chi connectivity index (χ2v) is 10.1. The van der Waals surface area contributed by atoms with Gasteiger partial charge in [-0.1, -0.05) is 48.5 Å². The van der Waals surface area contributed by atoms with Crippen molar-refractivity contribution >= 4 is 17.9 Å². The van der Waals surface area contributed by atoms with Crippen LogP contribution in [0.2, 0.25) is 0 Å². The van der Waals surface area contributed by atoms with E-state index >= 15 is 0 Å². The van der Waals surface area contributed by atoms with Gasteiger partial charge in [-0.05, 0) is 47.2 Å². The average Bonchev–Trinajstić information content (AvgIpc) is 3.46. The highest BCUT2D eigenvalue weighted by molar-refractivity contribution is 6.14. The lowest BCUT2D eigenvalue weighted by molar-refractivity contribution is -0.112. The van der Waals surface area contributed by atoms with Crippen LogP contribution >= 0.6 is 0 Å². The Morgan fingerprint density at radius 3 is 1.54 bits per heavy atom. The summed E-state index contributed by atoms with van der Waals surface area (Å²) < 4.78 is 0. The highest BCUT2D eigenvalue weighted by Gasteiger charge is 2.22. The van der Waals surface area contributed by atoms with Crippen LogP contribution in [0.5, 0.6) is 0 Å². The van der Waals surface area contributed by atoms with Crippen molar-refractivity contribution in [2.75, 3.05) is 39.3 Å².